The van der Waals surface area contributed by atoms with Crippen molar-refractivity contribution in [2.75, 3.05) is 13.7 Å². The van der Waals surface area contributed by atoms with E-state index in [1.807, 2.05) is 0 Å². The molecule has 0 aliphatic heterocycles. The number of carbonyl (C=O) groups is 1. The quantitative estimate of drug-likeness (QED) is 0.360. The second-order valence-corrected chi connectivity index (χ2v) is 3.94. The molecule has 0 saturated carbocycles. The molecule has 0 spiro atoms. The van der Waals surface area contributed by atoms with Gasteiger partial charge in [0.2, 0.25) is 5.75 Å². The molecular weight excluding hydrogens is 274 g/mol. The molecule has 0 fully saturated rings. The summed E-state index contributed by atoms with van der Waals surface area (Å²) in [5.74, 6) is -0.514. The molecule has 0 unspecified atom stereocenters. The van der Waals surface area contributed by atoms with Gasteiger partial charge in [-0.15, -0.1) is 0 Å². The lowest BCUT2D eigenvalue weighted by Crippen LogP contribution is -2.05. The lowest BCUT2D eigenvalue weighted by atomic mass is 10.3. The first-order valence-electron chi connectivity index (χ1n) is 5.28. The van der Waals surface area contributed by atoms with Crippen LogP contribution >= 0.6 is 11.6 Å². The minimum absolute atomic E-state index is 0.0223. The van der Waals surface area contributed by atoms with E-state index in [1.165, 1.54) is 31.4 Å². The SMILES string of the molecule is COC(=O)/C(C)=C/COc1c(Cl)cccc1[N+](=O)[O-]. The Labute approximate surface area is 114 Å². The van der Waals surface area contributed by atoms with Gasteiger partial charge in [-0.25, -0.2) is 4.79 Å². The lowest BCUT2D eigenvalue weighted by molar-refractivity contribution is -0.385. The van der Waals surface area contributed by atoms with Crippen molar-refractivity contribution in [1.29, 1.82) is 0 Å². The van der Waals surface area contributed by atoms with E-state index in [2.05, 4.69) is 4.74 Å². The predicted octanol–water partition coefficient (Wildman–Crippen LogP) is 2.75. The Bertz CT molecular complexity index is 527. The van der Waals surface area contributed by atoms with Crippen LogP contribution in [0.3, 0.4) is 0 Å². The summed E-state index contributed by atoms with van der Waals surface area (Å²) in [4.78, 5) is 21.3. The second-order valence-electron chi connectivity index (χ2n) is 3.53. The first-order valence-corrected chi connectivity index (χ1v) is 5.66. The number of carbonyl (C=O) groups excluding carboxylic acids is 1. The Hall–Kier alpha value is -2.08. The van der Waals surface area contributed by atoms with Gasteiger partial charge in [0.15, 0.2) is 0 Å². The van der Waals surface area contributed by atoms with Gasteiger partial charge in [0, 0.05) is 11.6 Å². The molecule has 0 bridgehead atoms. The van der Waals surface area contributed by atoms with Crippen molar-refractivity contribution in [3.05, 3.63) is 45.0 Å². The number of methoxy groups -OCH3 is 1. The summed E-state index contributed by atoms with van der Waals surface area (Å²) in [5, 5.41) is 10.9. The number of nitrogens with zero attached hydrogens (tertiary/aromatic N) is 1. The van der Waals surface area contributed by atoms with Crippen LogP contribution < -0.4 is 4.74 Å². The molecule has 0 atom stereocenters. The van der Waals surface area contributed by atoms with Gasteiger partial charge in [0.25, 0.3) is 0 Å². The number of nitro groups is 1. The first kappa shape index (κ1) is 15.0. The molecule has 0 radical (unpaired) electrons. The average Bonchev–Trinajstić information content (AvgIpc) is 2.39. The summed E-state index contributed by atoms with van der Waals surface area (Å²) in [6, 6.07) is 4.24. The van der Waals surface area contributed by atoms with Crippen LogP contribution in [0.4, 0.5) is 5.69 Å². The van der Waals surface area contributed by atoms with Crippen molar-refractivity contribution >= 4 is 23.3 Å². The van der Waals surface area contributed by atoms with E-state index in [9.17, 15) is 14.9 Å². The van der Waals surface area contributed by atoms with Crippen molar-refractivity contribution in [2.24, 2.45) is 0 Å². The number of benzene rings is 1. The third-order valence-electron chi connectivity index (χ3n) is 2.27. The monoisotopic (exact) mass is 285 g/mol. The van der Waals surface area contributed by atoms with Crippen LogP contribution in [0.15, 0.2) is 29.8 Å². The molecule has 1 rings (SSSR count). The van der Waals surface area contributed by atoms with Crippen LogP contribution in [0, 0.1) is 10.1 Å². The number of rotatable bonds is 5. The van der Waals surface area contributed by atoms with Gasteiger partial charge < -0.3 is 9.47 Å². The standard InChI is InChI=1S/C12H12ClNO5/c1-8(12(15)18-2)6-7-19-11-9(13)4-3-5-10(11)14(16)17/h3-6H,7H2,1-2H3/b8-6+. The highest BCUT2D eigenvalue weighted by Gasteiger charge is 2.17. The summed E-state index contributed by atoms with van der Waals surface area (Å²) >= 11 is 5.84. The molecule has 6 nitrogen and oxygen atoms in total. The molecule has 0 aromatic heterocycles. The summed E-state index contributed by atoms with van der Waals surface area (Å²) in [7, 11) is 1.26. The van der Waals surface area contributed by atoms with Crippen LogP contribution in [0.1, 0.15) is 6.92 Å². The van der Waals surface area contributed by atoms with Gasteiger partial charge in [-0.3, -0.25) is 10.1 Å². The largest absolute Gasteiger partial charge is 0.482 e. The number of halogens is 1. The van der Waals surface area contributed by atoms with Crippen molar-refractivity contribution in [3.63, 3.8) is 0 Å². The smallest absolute Gasteiger partial charge is 0.333 e. The predicted molar refractivity (Wildman–Crippen MR) is 69.4 cm³/mol. The summed E-state index contributed by atoms with van der Waals surface area (Å²) in [6.07, 6.45) is 1.46. The number of hydrogen-bond acceptors (Lipinski definition) is 5. The molecule has 0 saturated heterocycles. The zero-order chi connectivity index (χ0) is 14.4. The van der Waals surface area contributed by atoms with E-state index in [1.54, 1.807) is 6.92 Å². The number of para-hydroxylation sites is 1. The Kier molecular flexibility index (Phi) is 5.32. The van der Waals surface area contributed by atoms with Crippen molar-refractivity contribution in [1.82, 2.24) is 0 Å². The highest BCUT2D eigenvalue weighted by Crippen LogP contribution is 2.34. The van der Waals surface area contributed by atoms with E-state index >= 15 is 0 Å². The van der Waals surface area contributed by atoms with Crippen LogP contribution in [-0.2, 0) is 9.53 Å². The Morgan fingerprint density at radius 2 is 2.21 bits per heavy atom. The van der Waals surface area contributed by atoms with E-state index in [0.717, 1.165) is 0 Å². The van der Waals surface area contributed by atoms with Gasteiger partial charge in [0.05, 0.1) is 17.1 Å². The number of esters is 1. The van der Waals surface area contributed by atoms with Gasteiger partial charge in [-0.05, 0) is 19.1 Å². The van der Waals surface area contributed by atoms with Gasteiger partial charge in [-0.1, -0.05) is 17.7 Å². The normalized spacial score (nSPS) is 11.0. The van der Waals surface area contributed by atoms with Crippen LogP contribution in [0.5, 0.6) is 5.75 Å². The lowest BCUT2D eigenvalue weighted by Gasteiger charge is -2.06. The van der Waals surface area contributed by atoms with E-state index in [4.69, 9.17) is 16.3 Å². The number of hydrogen-bond donors (Lipinski definition) is 0. The maximum absolute atomic E-state index is 11.1. The molecule has 0 aliphatic rings. The van der Waals surface area contributed by atoms with Crippen LogP contribution in [-0.4, -0.2) is 24.6 Å². The molecule has 0 N–H and O–H groups in total. The molecule has 102 valence electrons. The van der Waals surface area contributed by atoms with Gasteiger partial charge in [-0.2, -0.15) is 0 Å². The maximum atomic E-state index is 11.1. The Balaban J connectivity index is 2.84. The fraction of sp³-hybridized carbons (Fsp3) is 0.250. The van der Waals surface area contributed by atoms with Gasteiger partial charge >= 0.3 is 11.7 Å². The Morgan fingerprint density at radius 1 is 1.53 bits per heavy atom. The zero-order valence-corrected chi connectivity index (χ0v) is 11.1. The van der Waals surface area contributed by atoms with Crippen LogP contribution in [0.25, 0.3) is 0 Å². The molecule has 0 heterocycles. The molecule has 19 heavy (non-hydrogen) atoms. The number of ether oxygens (including phenoxy) is 2. The van der Waals surface area contributed by atoms with E-state index < -0.39 is 10.9 Å². The third kappa shape index (κ3) is 3.96. The van der Waals surface area contributed by atoms with E-state index in [0.29, 0.717) is 5.57 Å². The highest BCUT2D eigenvalue weighted by atomic mass is 35.5. The summed E-state index contributed by atoms with van der Waals surface area (Å²) in [6.45, 7) is 1.53. The molecule has 0 aliphatic carbocycles. The highest BCUT2D eigenvalue weighted by molar-refractivity contribution is 6.32. The first-order chi connectivity index (χ1) is 8.97. The van der Waals surface area contributed by atoms with Crippen LogP contribution in [0.2, 0.25) is 5.02 Å². The fourth-order valence-corrected chi connectivity index (χ4v) is 1.50. The van der Waals surface area contributed by atoms with Crippen molar-refractivity contribution < 1.29 is 19.2 Å². The topological polar surface area (TPSA) is 78.7 Å². The van der Waals surface area contributed by atoms with Gasteiger partial charge in [0.1, 0.15) is 6.61 Å². The molecule has 0 amide bonds. The third-order valence-corrected chi connectivity index (χ3v) is 2.57. The fourth-order valence-electron chi connectivity index (χ4n) is 1.28. The summed E-state index contributed by atoms with van der Waals surface area (Å²) < 4.78 is 9.74. The van der Waals surface area contributed by atoms with Crippen molar-refractivity contribution in [3.8, 4) is 5.75 Å². The molecular formula is C12H12ClNO5. The number of nitro benzene ring substituents is 1. The zero-order valence-electron chi connectivity index (χ0n) is 10.4. The van der Waals surface area contributed by atoms with E-state index in [-0.39, 0.29) is 23.1 Å². The molecule has 1 aromatic carbocycles. The second kappa shape index (κ2) is 6.75. The average molecular weight is 286 g/mol. The minimum Gasteiger partial charge on any atom is -0.482 e. The minimum atomic E-state index is -0.585. The molecule has 7 heteroatoms. The molecule has 1 aromatic rings. The summed E-state index contributed by atoms with van der Waals surface area (Å²) in [5.41, 5.74) is 0.119. The maximum Gasteiger partial charge on any atom is 0.333 e. The van der Waals surface area contributed by atoms with Crippen molar-refractivity contribution in [2.45, 2.75) is 6.92 Å². The Morgan fingerprint density at radius 3 is 2.79 bits per heavy atom.